The van der Waals surface area contributed by atoms with E-state index >= 15 is 0 Å². The van der Waals surface area contributed by atoms with Crippen LogP contribution in [0.5, 0.6) is 0 Å². The fourth-order valence-corrected chi connectivity index (χ4v) is 7.04. The molecule has 0 aromatic carbocycles. The third-order valence-electron chi connectivity index (χ3n) is 7.98. The second-order valence-corrected chi connectivity index (χ2v) is 9.36. The average Bonchev–Trinajstić information content (AvgIpc) is 2.99. The lowest BCUT2D eigenvalue weighted by atomic mass is 9.56. The summed E-state index contributed by atoms with van der Waals surface area (Å²) >= 11 is 0. The van der Waals surface area contributed by atoms with Gasteiger partial charge in [-0.3, -0.25) is 9.59 Å². The maximum absolute atomic E-state index is 13.5. The number of hydrogen-bond acceptors (Lipinski definition) is 7. The molecule has 7 rings (SSSR count). The molecule has 2 aliphatic carbocycles. The van der Waals surface area contributed by atoms with Crippen LogP contribution in [0.2, 0.25) is 0 Å². The van der Waals surface area contributed by atoms with Crippen LogP contribution in [-0.4, -0.2) is 56.8 Å². The lowest BCUT2D eigenvalue weighted by Crippen LogP contribution is -2.74. The Morgan fingerprint density at radius 1 is 1.23 bits per heavy atom. The highest BCUT2D eigenvalue weighted by Gasteiger charge is 2.88. The number of fused-ring (bicyclic) bond motifs is 4. The lowest BCUT2D eigenvalue weighted by molar-refractivity contribution is -0.327. The largest absolute Gasteiger partial charge is 0.454 e. The Kier molecular flexibility index (Phi) is 2.39. The van der Waals surface area contributed by atoms with Crippen molar-refractivity contribution in [1.82, 2.24) is 0 Å². The van der Waals surface area contributed by atoms with Crippen LogP contribution in [0.1, 0.15) is 33.6 Å². The van der Waals surface area contributed by atoms with E-state index in [-0.39, 0.29) is 11.7 Å². The van der Waals surface area contributed by atoms with Crippen molar-refractivity contribution in [2.75, 3.05) is 0 Å². The predicted octanol–water partition coefficient (Wildman–Crippen LogP) is 0.0791. The molecule has 0 unspecified atom stereocenters. The Morgan fingerprint density at radius 3 is 2.69 bits per heavy atom. The number of ether oxygens (including phenoxy) is 3. The molecule has 6 fully saturated rings. The number of carbonyl (C=O) groups is 2. The van der Waals surface area contributed by atoms with Gasteiger partial charge in [-0.05, 0) is 25.7 Å². The summed E-state index contributed by atoms with van der Waals surface area (Å²) in [4.78, 5) is 26.6. The van der Waals surface area contributed by atoms with Gasteiger partial charge in [0.25, 0.3) is 0 Å². The Hall–Kier alpha value is -1.28. The fraction of sp³-hybridized carbons (Fsp3) is 0.789. The van der Waals surface area contributed by atoms with Crippen LogP contribution in [-0.2, 0) is 23.8 Å². The van der Waals surface area contributed by atoms with Gasteiger partial charge in [0, 0.05) is 17.4 Å². The summed E-state index contributed by atoms with van der Waals surface area (Å²) in [5.41, 5.74) is -3.38. The normalized spacial score (nSPS) is 64.3. The first-order valence-electron chi connectivity index (χ1n) is 9.39. The van der Waals surface area contributed by atoms with Crippen molar-refractivity contribution in [1.29, 1.82) is 0 Å². The molecule has 0 aromatic rings. The number of carbonyl (C=O) groups excluding carboxylic acids is 2. The molecule has 2 spiro atoms. The molecule has 5 aliphatic heterocycles. The van der Waals surface area contributed by atoms with Crippen LogP contribution in [0.25, 0.3) is 0 Å². The van der Waals surface area contributed by atoms with Crippen molar-refractivity contribution >= 4 is 11.8 Å². The van der Waals surface area contributed by atoms with Gasteiger partial charge in [-0.25, -0.2) is 0 Å². The Balaban J connectivity index is 1.69. The maximum atomic E-state index is 13.5. The zero-order chi connectivity index (χ0) is 18.4. The first kappa shape index (κ1) is 15.7. The van der Waals surface area contributed by atoms with Gasteiger partial charge in [0.1, 0.15) is 11.5 Å². The summed E-state index contributed by atoms with van der Waals surface area (Å²) in [6.45, 7) is 5.40. The minimum Gasteiger partial charge on any atom is -0.454 e. The van der Waals surface area contributed by atoms with Crippen LogP contribution in [0.15, 0.2) is 11.6 Å². The summed E-state index contributed by atoms with van der Waals surface area (Å²) in [6, 6.07) is 0. The summed E-state index contributed by atoms with van der Waals surface area (Å²) in [5, 5.41) is 22.3. The number of Topliss-reactive ketones (excluding diaryl/α,β-unsaturated/α-hetero) is 1. The molecule has 1 saturated carbocycles. The van der Waals surface area contributed by atoms with Crippen molar-refractivity contribution < 1.29 is 34.0 Å². The Morgan fingerprint density at radius 2 is 1.96 bits per heavy atom. The lowest BCUT2D eigenvalue weighted by Gasteiger charge is -2.59. The number of hydrogen-bond donors (Lipinski definition) is 2. The van der Waals surface area contributed by atoms with Crippen LogP contribution in [0.4, 0.5) is 0 Å². The number of aliphatic hydroxyl groups excluding tert-OH is 1. The first-order chi connectivity index (χ1) is 12.1. The van der Waals surface area contributed by atoms with E-state index in [0.29, 0.717) is 18.4 Å². The molecule has 0 radical (unpaired) electrons. The average molecular weight is 362 g/mol. The van der Waals surface area contributed by atoms with E-state index in [1.807, 2.05) is 6.92 Å². The van der Waals surface area contributed by atoms with E-state index in [2.05, 4.69) is 0 Å². The van der Waals surface area contributed by atoms with Gasteiger partial charge in [0.2, 0.25) is 0 Å². The quantitative estimate of drug-likeness (QED) is 0.588. The summed E-state index contributed by atoms with van der Waals surface area (Å²) < 4.78 is 18.2. The first-order valence-corrected chi connectivity index (χ1v) is 9.39. The molecule has 5 saturated heterocycles. The van der Waals surface area contributed by atoms with Crippen LogP contribution >= 0.6 is 0 Å². The van der Waals surface area contributed by atoms with E-state index in [1.54, 1.807) is 19.9 Å². The number of ketones is 1. The minimum atomic E-state index is -1.83. The van der Waals surface area contributed by atoms with Gasteiger partial charge in [-0.1, -0.05) is 19.9 Å². The fourth-order valence-electron chi connectivity index (χ4n) is 7.04. The number of rotatable bonds is 0. The highest BCUT2D eigenvalue weighted by Crippen LogP contribution is 2.72. The van der Waals surface area contributed by atoms with Crippen molar-refractivity contribution in [3.8, 4) is 0 Å². The smallest absolute Gasteiger partial charge is 0.318 e. The molecule has 7 aliphatic rings. The number of esters is 1. The van der Waals surface area contributed by atoms with Gasteiger partial charge in [-0.15, -0.1) is 0 Å². The van der Waals surface area contributed by atoms with E-state index in [1.165, 1.54) is 0 Å². The maximum Gasteiger partial charge on any atom is 0.318 e. The third kappa shape index (κ3) is 1.22. The molecule has 6 bridgehead atoms. The molecule has 7 heteroatoms. The summed E-state index contributed by atoms with van der Waals surface area (Å²) in [7, 11) is 0. The molecular weight excluding hydrogens is 340 g/mol. The molecule has 10 atom stereocenters. The van der Waals surface area contributed by atoms with Crippen molar-refractivity contribution in [2.24, 2.45) is 23.7 Å². The zero-order valence-corrected chi connectivity index (χ0v) is 14.9. The van der Waals surface area contributed by atoms with Gasteiger partial charge in [0.15, 0.2) is 22.8 Å². The van der Waals surface area contributed by atoms with Crippen LogP contribution < -0.4 is 0 Å². The second kappa shape index (κ2) is 3.94. The molecule has 7 nitrogen and oxygen atoms in total. The Labute approximate surface area is 150 Å². The Bertz CT molecular complexity index is 821. The van der Waals surface area contributed by atoms with Gasteiger partial charge >= 0.3 is 5.97 Å². The standard InChI is InChI=1S/C19H22O7/c1-7-5-17-9-4-10-14(21)16(3)6-8(2)19(23,26-16)13(15(22)25-17)18(10,17)24-12(7)11(9)20/h4,7-9,11-13,20,23H,5-6H2,1-3H3/t7-,8-,9-,11-,12-,13-,16-,17-,18+,19+/m0/s1. The molecule has 140 valence electrons. The van der Waals surface area contributed by atoms with Gasteiger partial charge < -0.3 is 24.4 Å². The van der Waals surface area contributed by atoms with E-state index in [0.717, 1.165) is 0 Å². The number of aliphatic hydroxyl groups is 2. The highest BCUT2D eigenvalue weighted by molar-refractivity contribution is 6.07. The monoisotopic (exact) mass is 362 g/mol. The topological polar surface area (TPSA) is 102 Å². The van der Waals surface area contributed by atoms with E-state index in [9.17, 15) is 19.8 Å². The molecule has 26 heavy (non-hydrogen) atoms. The molecular formula is C19H22O7. The SMILES string of the molecule is C[C@H]1C[C@]23OC(=O)[C@@H]4[C@]5(O)O[C@@](C)(C[C@@H]5C)C(=O)C5=C[C@H]2[C@H](O)[C@H]1O[C@]543. The third-order valence-corrected chi connectivity index (χ3v) is 7.98. The summed E-state index contributed by atoms with van der Waals surface area (Å²) in [5.74, 6) is -4.77. The molecule has 5 heterocycles. The molecule has 2 N–H and O–H groups in total. The minimum absolute atomic E-state index is 0.0229. The predicted molar refractivity (Wildman–Crippen MR) is 84.5 cm³/mol. The van der Waals surface area contributed by atoms with Crippen molar-refractivity contribution in [3.63, 3.8) is 0 Å². The van der Waals surface area contributed by atoms with E-state index in [4.69, 9.17) is 14.2 Å². The second-order valence-electron chi connectivity index (χ2n) is 9.36. The highest BCUT2D eigenvalue weighted by atomic mass is 16.7. The van der Waals surface area contributed by atoms with Gasteiger partial charge in [0.05, 0.1) is 12.2 Å². The molecule has 0 aromatic heterocycles. The van der Waals surface area contributed by atoms with Crippen LogP contribution in [0, 0.1) is 23.7 Å². The van der Waals surface area contributed by atoms with Crippen LogP contribution in [0.3, 0.4) is 0 Å². The molecule has 0 amide bonds. The van der Waals surface area contributed by atoms with E-state index < -0.39 is 58.5 Å². The van der Waals surface area contributed by atoms with Gasteiger partial charge in [-0.2, -0.15) is 0 Å². The zero-order valence-electron chi connectivity index (χ0n) is 14.9. The van der Waals surface area contributed by atoms with Crippen molar-refractivity contribution in [2.45, 2.75) is 68.4 Å². The summed E-state index contributed by atoms with van der Waals surface area (Å²) in [6.07, 6.45) is 1.20. The van der Waals surface area contributed by atoms with Crippen molar-refractivity contribution in [3.05, 3.63) is 11.6 Å².